The van der Waals surface area contributed by atoms with Gasteiger partial charge in [-0.1, -0.05) is 6.92 Å². The van der Waals surface area contributed by atoms with E-state index in [9.17, 15) is 0 Å². The molecule has 0 spiro atoms. The maximum Gasteiger partial charge on any atom is 0.119 e. The molecule has 0 heterocycles. The summed E-state index contributed by atoms with van der Waals surface area (Å²) in [7, 11) is 0. The molecule has 17 heavy (non-hydrogen) atoms. The lowest BCUT2D eigenvalue weighted by molar-refractivity contribution is 0.212. The molecule has 0 bridgehead atoms. The molecule has 0 saturated carbocycles. The fourth-order valence-corrected chi connectivity index (χ4v) is 1.85. The van der Waals surface area contributed by atoms with Crippen molar-refractivity contribution in [1.82, 2.24) is 5.32 Å². The maximum absolute atomic E-state index is 5.84. The van der Waals surface area contributed by atoms with E-state index < -0.39 is 0 Å². The summed E-state index contributed by atoms with van der Waals surface area (Å²) in [6, 6.07) is 8.81. The zero-order chi connectivity index (χ0) is 12.7. The number of hydrogen-bond donors (Lipinski definition) is 1. The zero-order valence-corrected chi connectivity index (χ0v) is 12.0. The Kier molecular flexibility index (Phi) is 6.45. The van der Waals surface area contributed by atoms with Gasteiger partial charge in [-0.3, -0.25) is 0 Å². The number of hydrogen-bond acceptors (Lipinski definition) is 3. The topological polar surface area (TPSA) is 21.3 Å². The Bertz CT molecular complexity index is 313. The van der Waals surface area contributed by atoms with Crippen LogP contribution < -0.4 is 10.1 Å². The van der Waals surface area contributed by atoms with Gasteiger partial charge in [0, 0.05) is 17.5 Å². The Morgan fingerprint density at radius 1 is 1.24 bits per heavy atom. The van der Waals surface area contributed by atoms with Crippen molar-refractivity contribution in [2.45, 2.75) is 44.2 Å². The molecule has 2 unspecified atom stereocenters. The first-order valence-corrected chi connectivity index (χ1v) is 7.42. The van der Waals surface area contributed by atoms with Gasteiger partial charge in [-0.05, 0) is 50.8 Å². The molecule has 0 aromatic heterocycles. The summed E-state index contributed by atoms with van der Waals surface area (Å²) in [5.41, 5.74) is 0. The summed E-state index contributed by atoms with van der Waals surface area (Å²) in [5, 5.41) is 3.45. The molecule has 3 heteroatoms. The van der Waals surface area contributed by atoms with Gasteiger partial charge in [0.15, 0.2) is 0 Å². The SMILES string of the molecule is CCC(C)NCC(C)Oc1ccc(SC)cc1. The van der Waals surface area contributed by atoms with Crippen molar-refractivity contribution in [3.05, 3.63) is 24.3 Å². The van der Waals surface area contributed by atoms with E-state index in [1.807, 2.05) is 12.1 Å². The number of thioether (sulfide) groups is 1. The van der Waals surface area contributed by atoms with Crippen molar-refractivity contribution in [2.24, 2.45) is 0 Å². The monoisotopic (exact) mass is 253 g/mol. The second-order valence-electron chi connectivity index (χ2n) is 4.32. The summed E-state index contributed by atoms with van der Waals surface area (Å²) in [4.78, 5) is 1.27. The van der Waals surface area contributed by atoms with Gasteiger partial charge in [0.05, 0.1) is 0 Å². The Balaban J connectivity index is 2.36. The van der Waals surface area contributed by atoms with E-state index in [2.05, 4.69) is 44.5 Å². The van der Waals surface area contributed by atoms with Crippen LogP contribution in [0.4, 0.5) is 0 Å². The third-order valence-electron chi connectivity index (χ3n) is 2.76. The average Bonchev–Trinajstić information content (AvgIpc) is 2.36. The van der Waals surface area contributed by atoms with Crippen LogP contribution in [0.1, 0.15) is 27.2 Å². The molecule has 0 radical (unpaired) electrons. The van der Waals surface area contributed by atoms with E-state index in [0.717, 1.165) is 18.7 Å². The van der Waals surface area contributed by atoms with Crippen LogP contribution in [0.15, 0.2) is 29.2 Å². The van der Waals surface area contributed by atoms with Gasteiger partial charge in [0.25, 0.3) is 0 Å². The zero-order valence-electron chi connectivity index (χ0n) is 11.2. The van der Waals surface area contributed by atoms with Gasteiger partial charge in [-0.15, -0.1) is 11.8 Å². The van der Waals surface area contributed by atoms with Crippen molar-refractivity contribution in [1.29, 1.82) is 0 Å². The highest BCUT2D eigenvalue weighted by molar-refractivity contribution is 7.98. The van der Waals surface area contributed by atoms with Crippen LogP contribution in [0.25, 0.3) is 0 Å². The fraction of sp³-hybridized carbons (Fsp3) is 0.571. The summed E-state index contributed by atoms with van der Waals surface area (Å²) >= 11 is 1.75. The minimum Gasteiger partial charge on any atom is -0.489 e. The molecule has 0 amide bonds. The first-order chi connectivity index (χ1) is 8.15. The van der Waals surface area contributed by atoms with E-state index >= 15 is 0 Å². The number of ether oxygens (including phenoxy) is 1. The smallest absolute Gasteiger partial charge is 0.119 e. The predicted octanol–water partition coefficient (Wildman–Crippen LogP) is 3.56. The van der Waals surface area contributed by atoms with Crippen LogP contribution in [0.3, 0.4) is 0 Å². The minimum atomic E-state index is 0.198. The van der Waals surface area contributed by atoms with Crippen LogP contribution in [0.5, 0.6) is 5.75 Å². The van der Waals surface area contributed by atoms with Gasteiger partial charge in [0.2, 0.25) is 0 Å². The third-order valence-corrected chi connectivity index (χ3v) is 3.51. The van der Waals surface area contributed by atoms with Crippen LogP contribution in [0.2, 0.25) is 0 Å². The summed E-state index contributed by atoms with van der Waals surface area (Å²) in [6.07, 6.45) is 3.42. The van der Waals surface area contributed by atoms with Gasteiger partial charge in [-0.2, -0.15) is 0 Å². The van der Waals surface area contributed by atoms with Crippen LogP contribution in [0, 0.1) is 0 Å². The van der Waals surface area contributed by atoms with Crippen molar-refractivity contribution < 1.29 is 4.74 Å². The lowest BCUT2D eigenvalue weighted by Crippen LogP contribution is -2.34. The first kappa shape index (κ1) is 14.4. The molecule has 2 nitrogen and oxygen atoms in total. The molecule has 0 fully saturated rings. The molecule has 1 rings (SSSR count). The molecular formula is C14H23NOS. The quantitative estimate of drug-likeness (QED) is 0.751. The summed E-state index contributed by atoms with van der Waals surface area (Å²) in [6.45, 7) is 7.36. The molecule has 0 aliphatic rings. The highest BCUT2D eigenvalue weighted by atomic mass is 32.2. The number of rotatable bonds is 7. The number of benzene rings is 1. The maximum atomic E-state index is 5.84. The molecule has 1 N–H and O–H groups in total. The Morgan fingerprint density at radius 2 is 1.88 bits per heavy atom. The lowest BCUT2D eigenvalue weighted by atomic mass is 10.2. The van der Waals surface area contributed by atoms with Crippen LogP contribution in [-0.2, 0) is 0 Å². The minimum absolute atomic E-state index is 0.198. The fourth-order valence-electron chi connectivity index (χ4n) is 1.44. The van der Waals surface area contributed by atoms with E-state index in [0.29, 0.717) is 6.04 Å². The van der Waals surface area contributed by atoms with Crippen molar-refractivity contribution in [2.75, 3.05) is 12.8 Å². The molecule has 0 saturated heterocycles. The Hall–Kier alpha value is -0.670. The van der Waals surface area contributed by atoms with E-state index in [1.165, 1.54) is 4.90 Å². The molecule has 2 atom stereocenters. The molecule has 1 aromatic rings. The Labute approximate surface area is 109 Å². The third kappa shape index (κ3) is 5.46. The second kappa shape index (κ2) is 7.62. The van der Waals surface area contributed by atoms with E-state index in [1.54, 1.807) is 11.8 Å². The summed E-state index contributed by atoms with van der Waals surface area (Å²) < 4.78 is 5.84. The second-order valence-corrected chi connectivity index (χ2v) is 5.20. The van der Waals surface area contributed by atoms with E-state index in [-0.39, 0.29) is 6.10 Å². The largest absolute Gasteiger partial charge is 0.489 e. The van der Waals surface area contributed by atoms with Crippen molar-refractivity contribution in [3.8, 4) is 5.75 Å². The first-order valence-electron chi connectivity index (χ1n) is 6.19. The van der Waals surface area contributed by atoms with Crippen molar-refractivity contribution >= 4 is 11.8 Å². The van der Waals surface area contributed by atoms with Gasteiger partial charge >= 0.3 is 0 Å². The highest BCUT2D eigenvalue weighted by Crippen LogP contribution is 2.19. The number of nitrogens with one attached hydrogen (secondary N) is 1. The highest BCUT2D eigenvalue weighted by Gasteiger charge is 2.05. The molecule has 1 aromatic carbocycles. The van der Waals surface area contributed by atoms with Crippen LogP contribution in [-0.4, -0.2) is 24.9 Å². The van der Waals surface area contributed by atoms with Gasteiger partial charge < -0.3 is 10.1 Å². The van der Waals surface area contributed by atoms with Crippen LogP contribution >= 0.6 is 11.8 Å². The Morgan fingerprint density at radius 3 is 2.41 bits per heavy atom. The molecule has 0 aliphatic heterocycles. The summed E-state index contributed by atoms with van der Waals surface area (Å²) in [5.74, 6) is 0.946. The van der Waals surface area contributed by atoms with Gasteiger partial charge in [0.1, 0.15) is 11.9 Å². The normalized spacial score (nSPS) is 14.4. The van der Waals surface area contributed by atoms with Crippen molar-refractivity contribution in [3.63, 3.8) is 0 Å². The predicted molar refractivity (Wildman–Crippen MR) is 76.1 cm³/mol. The average molecular weight is 253 g/mol. The van der Waals surface area contributed by atoms with E-state index in [4.69, 9.17) is 4.74 Å². The molecular weight excluding hydrogens is 230 g/mol. The standard InChI is InChI=1S/C14H23NOS/c1-5-11(2)15-10-12(3)16-13-6-8-14(17-4)9-7-13/h6-9,11-12,15H,5,10H2,1-4H3. The van der Waals surface area contributed by atoms with Gasteiger partial charge in [-0.25, -0.2) is 0 Å². The molecule has 0 aliphatic carbocycles. The lowest BCUT2D eigenvalue weighted by Gasteiger charge is -2.18. The molecule has 96 valence electrons.